The predicted molar refractivity (Wildman–Crippen MR) is 143 cm³/mol. The molecule has 4 nitrogen and oxygen atoms in total. The summed E-state index contributed by atoms with van der Waals surface area (Å²) < 4.78 is 40.8. The Bertz CT molecular complexity index is 1350. The lowest BCUT2D eigenvalue weighted by molar-refractivity contribution is -0.0860. The van der Waals surface area contributed by atoms with Gasteiger partial charge < -0.3 is 9.15 Å². The number of rotatable bonds is 3. The van der Waals surface area contributed by atoms with Gasteiger partial charge in [-0.1, -0.05) is 37.0 Å². The van der Waals surface area contributed by atoms with Gasteiger partial charge in [-0.2, -0.15) is 0 Å². The van der Waals surface area contributed by atoms with E-state index in [-0.39, 0.29) is 28.9 Å². The molecule has 0 saturated carbocycles. The zero-order chi connectivity index (χ0) is 26.1. The van der Waals surface area contributed by atoms with Crippen molar-refractivity contribution in [3.05, 3.63) is 63.9 Å². The van der Waals surface area contributed by atoms with Crippen molar-refractivity contribution >= 4 is 45.8 Å². The normalized spacial score (nSPS) is 31.0. The topological polar surface area (TPSA) is 28.9 Å². The maximum absolute atomic E-state index is 14.7. The van der Waals surface area contributed by atoms with Gasteiger partial charge in [0.2, 0.25) is 0 Å². The molecule has 198 valence electrons. The van der Waals surface area contributed by atoms with Crippen LogP contribution in [0, 0.1) is 17.6 Å². The van der Waals surface area contributed by atoms with Gasteiger partial charge in [-0.15, -0.1) is 11.6 Å². The molecule has 6 rings (SSSR count). The van der Waals surface area contributed by atoms with Crippen molar-refractivity contribution in [2.24, 2.45) is 5.92 Å². The highest BCUT2D eigenvalue weighted by Gasteiger charge is 2.43. The Morgan fingerprint density at radius 1 is 1.03 bits per heavy atom. The van der Waals surface area contributed by atoms with E-state index in [0.29, 0.717) is 27.3 Å². The van der Waals surface area contributed by atoms with Gasteiger partial charge in [0.05, 0.1) is 5.02 Å². The van der Waals surface area contributed by atoms with Gasteiger partial charge in [0.15, 0.2) is 5.56 Å². The van der Waals surface area contributed by atoms with Crippen LogP contribution in [0.15, 0.2) is 34.9 Å². The zero-order valence-corrected chi connectivity index (χ0v) is 23.0. The van der Waals surface area contributed by atoms with E-state index in [1.54, 1.807) is 12.1 Å². The molecule has 2 fully saturated rings. The molecule has 5 atom stereocenters. The summed E-state index contributed by atoms with van der Waals surface area (Å²) >= 11 is 18.9. The van der Waals surface area contributed by atoms with Crippen LogP contribution in [-0.4, -0.2) is 41.8 Å². The van der Waals surface area contributed by atoms with Crippen LogP contribution in [0.2, 0.25) is 5.02 Å². The summed E-state index contributed by atoms with van der Waals surface area (Å²) in [5.41, 5.74) is 2.00. The standard InChI is InChI=1S/C28H29Cl3F2N2O2/c1-15-12-34(7-4-18(15)19-8-16(32)9-20-23(29)13-36-25(19)20)35-6-3-5-28(2,14-35)22-11-17(33)10-21-24(30)27(31)37-26(21)22/h8-11,13,15,18,24,27H,3-7,12,14H2,1-2H3. The van der Waals surface area contributed by atoms with Crippen LogP contribution in [0.25, 0.3) is 11.0 Å². The molecule has 4 heterocycles. The highest BCUT2D eigenvalue weighted by atomic mass is 35.5. The van der Waals surface area contributed by atoms with Crippen LogP contribution in [0.1, 0.15) is 61.1 Å². The molecule has 0 N–H and O–H groups in total. The summed E-state index contributed by atoms with van der Waals surface area (Å²) in [5, 5.41) is 5.28. The summed E-state index contributed by atoms with van der Waals surface area (Å²) in [4.78, 5) is 0. The number of nitrogens with zero attached hydrogens (tertiary/aromatic N) is 2. The quantitative estimate of drug-likeness (QED) is 0.299. The van der Waals surface area contributed by atoms with Crippen molar-refractivity contribution in [3.8, 4) is 5.75 Å². The van der Waals surface area contributed by atoms with Crippen molar-refractivity contribution in [1.82, 2.24) is 10.0 Å². The van der Waals surface area contributed by atoms with Gasteiger partial charge in [0.1, 0.15) is 34.6 Å². The molecule has 3 aromatic rings. The van der Waals surface area contributed by atoms with Gasteiger partial charge in [0.25, 0.3) is 0 Å². The van der Waals surface area contributed by atoms with Gasteiger partial charge in [-0.25, -0.2) is 18.8 Å². The lowest BCUT2D eigenvalue weighted by atomic mass is 9.75. The maximum atomic E-state index is 14.7. The van der Waals surface area contributed by atoms with Gasteiger partial charge in [-0.3, -0.25) is 0 Å². The molecule has 0 bridgehead atoms. The van der Waals surface area contributed by atoms with Crippen molar-refractivity contribution in [2.45, 2.75) is 55.4 Å². The Morgan fingerprint density at radius 3 is 2.57 bits per heavy atom. The average Bonchev–Trinajstić information content (AvgIpc) is 3.37. The molecule has 2 saturated heterocycles. The fourth-order valence-electron chi connectivity index (χ4n) is 6.60. The van der Waals surface area contributed by atoms with E-state index in [0.717, 1.165) is 56.6 Å². The number of hydrogen-bond donors (Lipinski definition) is 0. The SMILES string of the molecule is CC1CN(N2CCCC(C)(c3cc(F)cc4c3OC(Cl)C4Cl)C2)CCC1c1cc(F)cc2c(Cl)coc12. The lowest BCUT2D eigenvalue weighted by Gasteiger charge is -2.49. The van der Waals surface area contributed by atoms with E-state index in [4.69, 9.17) is 44.0 Å². The summed E-state index contributed by atoms with van der Waals surface area (Å²) in [6.07, 6.45) is 4.23. The number of hydrogen-bond acceptors (Lipinski definition) is 4. The summed E-state index contributed by atoms with van der Waals surface area (Å²) in [7, 11) is 0. The number of hydrazine groups is 1. The molecule has 3 aliphatic heterocycles. The van der Waals surface area contributed by atoms with Gasteiger partial charge in [0, 0.05) is 53.7 Å². The van der Waals surface area contributed by atoms with E-state index in [9.17, 15) is 8.78 Å². The van der Waals surface area contributed by atoms with E-state index < -0.39 is 10.9 Å². The monoisotopic (exact) mass is 568 g/mol. The minimum absolute atomic E-state index is 0.161. The Kier molecular flexibility index (Phi) is 6.64. The Labute approximate surface area is 230 Å². The third-order valence-electron chi connectivity index (χ3n) is 8.47. The number of furan rings is 1. The minimum Gasteiger partial charge on any atom is -0.472 e. The van der Waals surface area contributed by atoms with Crippen LogP contribution in [-0.2, 0) is 5.41 Å². The first kappa shape index (κ1) is 25.7. The summed E-state index contributed by atoms with van der Waals surface area (Å²) in [6.45, 7) is 7.71. The van der Waals surface area contributed by atoms with Crippen LogP contribution < -0.4 is 4.74 Å². The molecular formula is C28H29Cl3F2N2O2. The fourth-order valence-corrected chi connectivity index (χ4v) is 7.23. The first-order valence-corrected chi connectivity index (χ1v) is 14.0. The van der Waals surface area contributed by atoms with E-state index >= 15 is 0 Å². The largest absolute Gasteiger partial charge is 0.472 e. The molecule has 0 amide bonds. The zero-order valence-electron chi connectivity index (χ0n) is 20.7. The number of alkyl halides is 2. The highest BCUT2D eigenvalue weighted by Crippen LogP contribution is 2.50. The maximum Gasteiger partial charge on any atom is 0.192 e. The van der Waals surface area contributed by atoms with Crippen molar-refractivity contribution in [2.75, 3.05) is 26.2 Å². The Hall–Kier alpha value is -1.57. The van der Waals surface area contributed by atoms with Crippen molar-refractivity contribution < 1.29 is 17.9 Å². The van der Waals surface area contributed by atoms with Gasteiger partial charge >= 0.3 is 0 Å². The van der Waals surface area contributed by atoms with Gasteiger partial charge in [-0.05, 0) is 55.4 Å². The average molecular weight is 570 g/mol. The van der Waals surface area contributed by atoms with E-state index in [2.05, 4.69) is 23.9 Å². The van der Waals surface area contributed by atoms with Crippen LogP contribution >= 0.6 is 34.8 Å². The van der Waals surface area contributed by atoms with Crippen LogP contribution in [0.5, 0.6) is 5.75 Å². The number of piperidine rings is 2. The van der Waals surface area contributed by atoms with E-state index in [1.165, 1.54) is 18.4 Å². The molecule has 2 aromatic carbocycles. The van der Waals surface area contributed by atoms with E-state index in [1.807, 2.05) is 0 Å². The van der Waals surface area contributed by atoms with Crippen LogP contribution in [0.3, 0.4) is 0 Å². The fraction of sp³-hybridized carbons (Fsp3) is 0.500. The first-order valence-electron chi connectivity index (χ1n) is 12.8. The highest BCUT2D eigenvalue weighted by molar-refractivity contribution is 6.35. The molecule has 0 spiro atoms. The molecule has 3 aliphatic rings. The second-order valence-electron chi connectivity index (χ2n) is 11.0. The smallest absolute Gasteiger partial charge is 0.192 e. The predicted octanol–water partition coefficient (Wildman–Crippen LogP) is 8.00. The second kappa shape index (κ2) is 9.56. The number of halogens is 5. The molecule has 0 aliphatic carbocycles. The Morgan fingerprint density at radius 2 is 1.78 bits per heavy atom. The molecule has 9 heteroatoms. The number of benzene rings is 2. The molecule has 1 aromatic heterocycles. The third kappa shape index (κ3) is 4.43. The minimum atomic E-state index is -0.710. The van der Waals surface area contributed by atoms with Crippen molar-refractivity contribution in [3.63, 3.8) is 0 Å². The summed E-state index contributed by atoms with van der Waals surface area (Å²) in [5.74, 6) is 0.446. The van der Waals surface area contributed by atoms with Crippen LogP contribution in [0.4, 0.5) is 8.78 Å². The molecular weight excluding hydrogens is 541 g/mol. The first-order chi connectivity index (χ1) is 17.6. The Balaban J connectivity index is 1.23. The molecule has 0 radical (unpaired) electrons. The van der Waals surface area contributed by atoms with Crippen molar-refractivity contribution in [1.29, 1.82) is 0 Å². The number of ether oxygens (including phenoxy) is 1. The summed E-state index contributed by atoms with van der Waals surface area (Å²) in [6, 6.07) is 6.05. The second-order valence-corrected chi connectivity index (χ2v) is 12.3. The lowest BCUT2D eigenvalue weighted by Crippen LogP contribution is -2.56. The third-order valence-corrected chi connectivity index (χ3v) is 9.70. The molecule has 5 unspecified atom stereocenters. The number of fused-ring (bicyclic) bond motifs is 2. The molecule has 37 heavy (non-hydrogen) atoms.